The van der Waals surface area contributed by atoms with Gasteiger partial charge in [0, 0.05) is 17.8 Å². The van der Waals surface area contributed by atoms with Crippen LogP contribution in [0.2, 0.25) is 5.02 Å². The Morgan fingerprint density at radius 1 is 1.29 bits per heavy atom. The molecule has 0 aromatic heterocycles. The number of benzene rings is 2. The van der Waals surface area contributed by atoms with Gasteiger partial charge in [-0.15, -0.1) is 0 Å². The maximum absolute atomic E-state index is 12.2. The predicted octanol–water partition coefficient (Wildman–Crippen LogP) is 3.27. The number of nitrogens with zero attached hydrogens (tertiary/aromatic N) is 1. The van der Waals surface area contributed by atoms with E-state index in [1.165, 1.54) is 0 Å². The molecule has 1 N–H and O–H groups in total. The van der Waals surface area contributed by atoms with Gasteiger partial charge in [-0.25, -0.2) is 0 Å². The standard InChI is InChI=1S/C18H17ClN2O3/c1-21-15-11-13(6-7-16(15)24-9-8-18(21)23)20-17(22)10-12-4-2-3-5-14(12)19/h2-7,11H,8-10H2,1H3,(H,20,22). The quantitative estimate of drug-likeness (QED) is 0.929. The van der Waals surface area contributed by atoms with Gasteiger partial charge in [0.1, 0.15) is 5.75 Å². The van der Waals surface area contributed by atoms with Crippen LogP contribution in [0.3, 0.4) is 0 Å². The number of fused-ring (bicyclic) bond motifs is 1. The Bertz CT molecular complexity index is 792. The molecule has 6 heteroatoms. The Labute approximate surface area is 145 Å². The van der Waals surface area contributed by atoms with Crippen molar-refractivity contribution in [3.8, 4) is 5.75 Å². The van der Waals surface area contributed by atoms with Crippen molar-refractivity contribution in [3.63, 3.8) is 0 Å². The largest absolute Gasteiger partial charge is 0.491 e. The van der Waals surface area contributed by atoms with Gasteiger partial charge in [0.05, 0.1) is 25.1 Å². The fraction of sp³-hybridized carbons (Fsp3) is 0.222. The lowest BCUT2D eigenvalue weighted by molar-refractivity contribution is -0.118. The summed E-state index contributed by atoms with van der Waals surface area (Å²) in [6, 6.07) is 12.5. The summed E-state index contributed by atoms with van der Waals surface area (Å²) in [6.45, 7) is 0.356. The molecular weight excluding hydrogens is 328 g/mol. The smallest absolute Gasteiger partial charge is 0.230 e. The Balaban J connectivity index is 1.76. The number of halogens is 1. The number of anilines is 2. The van der Waals surface area contributed by atoms with E-state index in [4.69, 9.17) is 16.3 Å². The van der Waals surface area contributed by atoms with Gasteiger partial charge in [-0.3, -0.25) is 9.59 Å². The minimum absolute atomic E-state index is 0.0201. The molecule has 0 saturated carbocycles. The summed E-state index contributed by atoms with van der Waals surface area (Å²) in [7, 11) is 1.70. The highest BCUT2D eigenvalue weighted by Gasteiger charge is 2.20. The molecule has 0 aliphatic carbocycles. The summed E-state index contributed by atoms with van der Waals surface area (Å²) in [5.74, 6) is 0.437. The van der Waals surface area contributed by atoms with Crippen LogP contribution in [0.4, 0.5) is 11.4 Å². The molecule has 0 fully saturated rings. The Morgan fingerprint density at radius 2 is 2.08 bits per heavy atom. The molecule has 0 saturated heterocycles. The molecule has 2 aromatic carbocycles. The first-order valence-corrected chi connectivity index (χ1v) is 7.99. The number of hydrogen-bond donors (Lipinski definition) is 1. The number of carbonyl (C=O) groups is 2. The zero-order chi connectivity index (χ0) is 17.1. The second-order valence-electron chi connectivity index (χ2n) is 5.55. The SMILES string of the molecule is CN1C(=O)CCOc2ccc(NC(=O)Cc3ccccc3Cl)cc21. The van der Waals surface area contributed by atoms with Crippen LogP contribution in [0.1, 0.15) is 12.0 Å². The second-order valence-corrected chi connectivity index (χ2v) is 5.96. The van der Waals surface area contributed by atoms with Gasteiger partial charge in [-0.2, -0.15) is 0 Å². The minimum atomic E-state index is -0.174. The number of nitrogens with one attached hydrogen (secondary N) is 1. The van der Waals surface area contributed by atoms with Crippen LogP contribution in [-0.4, -0.2) is 25.5 Å². The normalized spacial score (nSPS) is 13.8. The third-order valence-corrected chi connectivity index (χ3v) is 4.23. The van der Waals surface area contributed by atoms with Crippen molar-refractivity contribution in [1.82, 2.24) is 0 Å². The summed E-state index contributed by atoms with van der Waals surface area (Å²) in [5, 5.41) is 3.40. The third-order valence-electron chi connectivity index (χ3n) is 3.86. The summed E-state index contributed by atoms with van der Waals surface area (Å²) in [6.07, 6.45) is 0.515. The van der Waals surface area contributed by atoms with E-state index < -0.39 is 0 Å². The van der Waals surface area contributed by atoms with Crippen molar-refractivity contribution in [2.45, 2.75) is 12.8 Å². The van der Waals surface area contributed by atoms with Crippen LogP contribution in [0.25, 0.3) is 0 Å². The van der Waals surface area contributed by atoms with E-state index in [2.05, 4.69) is 5.32 Å². The molecule has 1 heterocycles. The number of rotatable bonds is 3. The maximum Gasteiger partial charge on any atom is 0.230 e. The highest BCUT2D eigenvalue weighted by molar-refractivity contribution is 6.31. The first kappa shape index (κ1) is 16.3. The fourth-order valence-electron chi connectivity index (χ4n) is 2.55. The van der Waals surface area contributed by atoms with E-state index in [0.29, 0.717) is 35.2 Å². The van der Waals surface area contributed by atoms with E-state index in [0.717, 1.165) is 5.56 Å². The van der Waals surface area contributed by atoms with Gasteiger partial charge in [0.25, 0.3) is 0 Å². The van der Waals surface area contributed by atoms with Crippen molar-refractivity contribution < 1.29 is 14.3 Å². The lowest BCUT2D eigenvalue weighted by Gasteiger charge is -2.17. The van der Waals surface area contributed by atoms with E-state index in [-0.39, 0.29) is 18.2 Å². The van der Waals surface area contributed by atoms with Crippen LogP contribution in [0.5, 0.6) is 5.75 Å². The zero-order valence-corrected chi connectivity index (χ0v) is 14.0. The van der Waals surface area contributed by atoms with Crippen LogP contribution >= 0.6 is 11.6 Å². The third kappa shape index (κ3) is 3.51. The summed E-state index contributed by atoms with van der Waals surface area (Å²) in [5.41, 5.74) is 2.02. The molecule has 0 atom stereocenters. The fourth-order valence-corrected chi connectivity index (χ4v) is 2.75. The molecule has 0 unspecified atom stereocenters. The van der Waals surface area contributed by atoms with Crippen molar-refractivity contribution >= 4 is 34.8 Å². The predicted molar refractivity (Wildman–Crippen MR) is 93.7 cm³/mol. The summed E-state index contributed by atoms with van der Waals surface area (Å²) < 4.78 is 5.57. The van der Waals surface area contributed by atoms with Crippen molar-refractivity contribution in [1.29, 1.82) is 0 Å². The van der Waals surface area contributed by atoms with Crippen LogP contribution < -0.4 is 15.0 Å². The lowest BCUT2D eigenvalue weighted by atomic mass is 10.1. The van der Waals surface area contributed by atoms with E-state index in [9.17, 15) is 9.59 Å². The molecule has 2 amide bonds. The monoisotopic (exact) mass is 344 g/mol. The average Bonchev–Trinajstić information content (AvgIpc) is 2.70. The molecule has 0 bridgehead atoms. The molecule has 0 spiro atoms. The van der Waals surface area contributed by atoms with Crippen molar-refractivity contribution in [2.75, 3.05) is 23.9 Å². The van der Waals surface area contributed by atoms with Crippen LogP contribution in [0.15, 0.2) is 42.5 Å². The zero-order valence-electron chi connectivity index (χ0n) is 13.2. The van der Waals surface area contributed by atoms with E-state index in [1.807, 2.05) is 18.2 Å². The minimum Gasteiger partial charge on any atom is -0.491 e. The lowest BCUT2D eigenvalue weighted by Crippen LogP contribution is -2.25. The molecule has 24 heavy (non-hydrogen) atoms. The van der Waals surface area contributed by atoms with Crippen molar-refractivity contribution in [3.05, 3.63) is 53.1 Å². The average molecular weight is 345 g/mol. The molecule has 124 valence electrons. The summed E-state index contributed by atoms with van der Waals surface area (Å²) in [4.78, 5) is 25.7. The van der Waals surface area contributed by atoms with E-state index >= 15 is 0 Å². The summed E-state index contributed by atoms with van der Waals surface area (Å²) >= 11 is 6.08. The van der Waals surface area contributed by atoms with Gasteiger partial charge in [0.15, 0.2) is 0 Å². The number of amides is 2. The van der Waals surface area contributed by atoms with Gasteiger partial charge < -0.3 is 15.0 Å². The maximum atomic E-state index is 12.2. The molecule has 0 radical (unpaired) electrons. The van der Waals surface area contributed by atoms with Gasteiger partial charge in [0.2, 0.25) is 11.8 Å². The van der Waals surface area contributed by atoms with Crippen LogP contribution in [0, 0.1) is 0 Å². The molecule has 3 rings (SSSR count). The molecular formula is C18H17ClN2O3. The molecule has 1 aliphatic rings. The first-order chi connectivity index (χ1) is 11.5. The number of ether oxygens (including phenoxy) is 1. The van der Waals surface area contributed by atoms with Gasteiger partial charge in [-0.1, -0.05) is 29.8 Å². The number of hydrogen-bond acceptors (Lipinski definition) is 3. The Kier molecular flexibility index (Phi) is 4.71. The highest BCUT2D eigenvalue weighted by Crippen LogP contribution is 2.33. The van der Waals surface area contributed by atoms with Gasteiger partial charge >= 0.3 is 0 Å². The van der Waals surface area contributed by atoms with Crippen LogP contribution in [-0.2, 0) is 16.0 Å². The molecule has 5 nitrogen and oxygen atoms in total. The first-order valence-electron chi connectivity index (χ1n) is 7.61. The Morgan fingerprint density at radius 3 is 2.88 bits per heavy atom. The van der Waals surface area contributed by atoms with Crippen molar-refractivity contribution in [2.24, 2.45) is 0 Å². The van der Waals surface area contributed by atoms with Gasteiger partial charge in [-0.05, 0) is 29.8 Å². The molecule has 1 aliphatic heterocycles. The number of carbonyl (C=O) groups excluding carboxylic acids is 2. The Hall–Kier alpha value is -2.53. The molecule has 2 aromatic rings. The topological polar surface area (TPSA) is 58.6 Å². The highest BCUT2D eigenvalue weighted by atomic mass is 35.5. The van der Waals surface area contributed by atoms with E-state index in [1.54, 1.807) is 36.2 Å². The second kappa shape index (κ2) is 6.93.